The molecule has 3 rings (SSSR count). The summed E-state index contributed by atoms with van der Waals surface area (Å²) in [5.74, 6) is -0.335. The maximum absolute atomic E-state index is 13.5. The number of halogens is 1. The van der Waals surface area contributed by atoms with E-state index in [1.54, 1.807) is 11.0 Å². The third-order valence-corrected chi connectivity index (χ3v) is 4.40. The van der Waals surface area contributed by atoms with Crippen molar-refractivity contribution < 1.29 is 13.9 Å². The maximum Gasteiger partial charge on any atom is 0.249 e. The van der Waals surface area contributed by atoms with Crippen molar-refractivity contribution in [3.05, 3.63) is 71.5 Å². The van der Waals surface area contributed by atoms with E-state index < -0.39 is 0 Å². The second-order valence-electron chi connectivity index (χ2n) is 6.15. The molecule has 132 valence electrons. The SMILES string of the molecule is O=C(COCCc1ccccc1)N1CCNCC1c1cccc(F)c1. The van der Waals surface area contributed by atoms with Crippen LogP contribution in [0.15, 0.2) is 54.6 Å². The predicted molar refractivity (Wildman–Crippen MR) is 94.7 cm³/mol. The van der Waals surface area contributed by atoms with Crippen LogP contribution in [0.4, 0.5) is 4.39 Å². The third kappa shape index (κ3) is 4.87. The Labute approximate surface area is 147 Å². The molecule has 1 heterocycles. The van der Waals surface area contributed by atoms with Gasteiger partial charge in [0.15, 0.2) is 0 Å². The normalized spacial score (nSPS) is 17.5. The molecule has 25 heavy (non-hydrogen) atoms. The Morgan fingerprint density at radius 2 is 2.04 bits per heavy atom. The Morgan fingerprint density at radius 3 is 2.84 bits per heavy atom. The molecule has 2 aromatic rings. The van der Waals surface area contributed by atoms with Crippen molar-refractivity contribution in [3.63, 3.8) is 0 Å². The summed E-state index contributed by atoms with van der Waals surface area (Å²) in [7, 11) is 0. The van der Waals surface area contributed by atoms with E-state index in [0.29, 0.717) is 19.7 Å². The first kappa shape index (κ1) is 17.6. The molecule has 1 N–H and O–H groups in total. The van der Waals surface area contributed by atoms with Crippen LogP contribution in [0.25, 0.3) is 0 Å². The van der Waals surface area contributed by atoms with Crippen LogP contribution in [0, 0.1) is 5.82 Å². The minimum absolute atomic E-state index is 0.0520. The van der Waals surface area contributed by atoms with Gasteiger partial charge in [0.1, 0.15) is 12.4 Å². The van der Waals surface area contributed by atoms with Gasteiger partial charge in [0, 0.05) is 19.6 Å². The van der Waals surface area contributed by atoms with Crippen LogP contribution in [-0.4, -0.2) is 43.7 Å². The number of hydrogen-bond acceptors (Lipinski definition) is 3. The van der Waals surface area contributed by atoms with Gasteiger partial charge in [-0.05, 0) is 29.7 Å². The standard InChI is InChI=1S/C20H23FN2O2/c21-18-8-4-7-17(13-18)19-14-22-10-11-23(19)20(24)15-25-12-9-16-5-2-1-3-6-16/h1-8,13,19,22H,9-12,14-15H2. The molecular formula is C20H23FN2O2. The molecule has 0 spiro atoms. The third-order valence-electron chi connectivity index (χ3n) is 4.40. The van der Waals surface area contributed by atoms with E-state index in [4.69, 9.17) is 4.74 Å². The molecule has 1 amide bonds. The number of benzene rings is 2. The number of ether oxygens (including phenoxy) is 1. The van der Waals surface area contributed by atoms with Gasteiger partial charge in [-0.15, -0.1) is 0 Å². The molecule has 1 aliphatic rings. The van der Waals surface area contributed by atoms with Crippen LogP contribution in [0.1, 0.15) is 17.2 Å². The zero-order chi connectivity index (χ0) is 17.5. The Kier molecular flexibility index (Phi) is 6.14. The minimum atomic E-state index is -0.283. The highest BCUT2D eigenvalue weighted by Crippen LogP contribution is 2.23. The van der Waals surface area contributed by atoms with Crippen LogP contribution < -0.4 is 5.32 Å². The van der Waals surface area contributed by atoms with Crippen LogP contribution in [0.5, 0.6) is 0 Å². The van der Waals surface area contributed by atoms with E-state index in [0.717, 1.165) is 18.5 Å². The van der Waals surface area contributed by atoms with E-state index >= 15 is 0 Å². The maximum atomic E-state index is 13.5. The van der Waals surface area contributed by atoms with Gasteiger partial charge in [-0.2, -0.15) is 0 Å². The van der Waals surface area contributed by atoms with Gasteiger partial charge in [-0.1, -0.05) is 42.5 Å². The molecule has 0 saturated carbocycles. The van der Waals surface area contributed by atoms with Gasteiger partial charge in [0.2, 0.25) is 5.91 Å². The van der Waals surface area contributed by atoms with Crippen molar-refractivity contribution >= 4 is 5.91 Å². The highest BCUT2D eigenvalue weighted by atomic mass is 19.1. The van der Waals surface area contributed by atoms with Gasteiger partial charge in [0.25, 0.3) is 0 Å². The summed E-state index contributed by atoms with van der Waals surface area (Å²) in [6, 6.07) is 16.3. The molecule has 1 aliphatic heterocycles. The summed E-state index contributed by atoms with van der Waals surface area (Å²) in [6.45, 7) is 2.52. The lowest BCUT2D eigenvalue weighted by Crippen LogP contribution is -2.49. The van der Waals surface area contributed by atoms with Crippen LogP contribution in [-0.2, 0) is 16.0 Å². The molecule has 1 atom stereocenters. The first-order valence-corrected chi connectivity index (χ1v) is 8.61. The van der Waals surface area contributed by atoms with E-state index in [1.165, 1.54) is 17.7 Å². The topological polar surface area (TPSA) is 41.6 Å². The molecule has 1 unspecified atom stereocenters. The zero-order valence-corrected chi connectivity index (χ0v) is 14.2. The Bertz CT molecular complexity index is 693. The highest BCUT2D eigenvalue weighted by molar-refractivity contribution is 5.78. The van der Waals surface area contributed by atoms with Crippen molar-refractivity contribution in [1.29, 1.82) is 0 Å². The lowest BCUT2D eigenvalue weighted by atomic mass is 10.0. The second-order valence-corrected chi connectivity index (χ2v) is 6.15. The molecular weight excluding hydrogens is 319 g/mol. The molecule has 2 aromatic carbocycles. The summed E-state index contributed by atoms with van der Waals surface area (Å²) < 4.78 is 19.1. The quantitative estimate of drug-likeness (QED) is 0.821. The van der Waals surface area contributed by atoms with Gasteiger partial charge < -0.3 is 15.0 Å². The lowest BCUT2D eigenvalue weighted by molar-refractivity contribution is -0.139. The van der Waals surface area contributed by atoms with Crippen LogP contribution >= 0.6 is 0 Å². The molecule has 1 saturated heterocycles. The second kappa shape index (κ2) is 8.74. The number of carbonyl (C=O) groups excluding carboxylic acids is 1. The Balaban J connectivity index is 1.54. The Hall–Kier alpha value is -2.24. The fourth-order valence-corrected chi connectivity index (χ4v) is 3.09. The summed E-state index contributed by atoms with van der Waals surface area (Å²) in [6.07, 6.45) is 0.781. The molecule has 4 nitrogen and oxygen atoms in total. The first-order chi connectivity index (χ1) is 12.2. The lowest BCUT2D eigenvalue weighted by Gasteiger charge is -2.36. The monoisotopic (exact) mass is 342 g/mol. The molecule has 0 bridgehead atoms. The summed E-state index contributed by atoms with van der Waals surface area (Å²) in [5, 5.41) is 3.27. The summed E-state index contributed by atoms with van der Waals surface area (Å²) in [5.41, 5.74) is 2.00. The number of piperazine rings is 1. The number of nitrogens with one attached hydrogen (secondary N) is 1. The molecule has 0 aliphatic carbocycles. The smallest absolute Gasteiger partial charge is 0.249 e. The van der Waals surface area contributed by atoms with Crippen molar-refractivity contribution in [2.24, 2.45) is 0 Å². The van der Waals surface area contributed by atoms with Crippen molar-refractivity contribution in [3.8, 4) is 0 Å². The fraction of sp³-hybridized carbons (Fsp3) is 0.350. The summed E-state index contributed by atoms with van der Waals surface area (Å²) >= 11 is 0. The largest absolute Gasteiger partial charge is 0.371 e. The fourth-order valence-electron chi connectivity index (χ4n) is 3.09. The van der Waals surface area contributed by atoms with Crippen LogP contribution in [0.3, 0.4) is 0 Å². The van der Waals surface area contributed by atoms with Gasteiger partial charge >= 0.3 is 0 Å². The van der Waals surface area contributed by atoms with Gasteiger partial charge in [-0.25, -0.2) is 4.39 Å². The van der Waals surface area contributed by atoms with Crippen molar-refractivity contribution in [1.82, 2.24) is 10.2 Å². The number of hydrogen-bond donors (Lipinski definition) is 1. The zero-order valence-electron chi connectivity index (χ0n) is 14.2. The van der Waals surface area contributed by atoms with Gasteiger partial charge in [0.05, 0.1) is 12.6 Å². The minimum Gasteiger partial charge on any atom is -0.371 e. The first-order valence-electron chi connectivity index (χ1n) is 8.61. The number of rotatable bonds is 6. The average Bonchev–Trinajstić information content (AvgIpc) is 2.66. The number of nitrogens with zero attached hydrogens (tertiary/aromatic N) is 1. The highest BCUT2D eigenvalue weighted by Gasteiger charge is 2.27. The van der Waals surface area contributed by atoms with E-state index in [2.05, 4.69) is 5.32 Å². The Morgan fingerprint density at radius 1 is 1.20 bits per heavy atom. The number of carbonyl (C=O) groups is 1. The molecule has 0 radical (unpaired) electrons. The number of amides is 1. The van der Waals surface area contributed by atoms with Gasteiger partial charge in [-0.3, -0.25) is 4.79 Å². The average molecular weight is 342 g/mol. The van der Waals surface area contributed by atoms with Crippen LogP contribution in [0.2, 0.25) is 0 Å². The van der Waals surface area contributed by atoms with E-state index in [9.17, 15) is 9.18 Å². The molecule has 1 fully saturated rings. The summed E-state index contributed by atoms with van der Waals surface area (Å²) in [4.78, 5) is 14.3. The van der Waals surface area contributed by atoms with Crippen molar-refractivity contribution in [2.75, 3.05) is 32.8 Å². The van der Waals surface area contributed by atoms with E-state index in [1.807, 2.05) is 36.4 Å². The van der Waals surface area contributed by atoms with E-state index in [-0.39, 0.29) is 24.4 Å². The van der Waals surface area contributed by atoms with Crippen molar-refractivity contribution in [2.45, 2.75) is 12.5 Å². The molecule has 5 heteroatoms. The molecule has 0 aromatic heterocycles. The predicted octanol–water partition coefficient (Wildman–Crippen LogP) is 2.56.